The first-order chi connectivity index (χ1) is 29.2. The molecule has 7 aromatic rings. The third-order valence-corrected chi connectivity index (χ3v) is 14.3. The van der Waals surface area contributed by atoms with Crippen LogP contribution in [-0.2, 0) is 11.8 Å². The van der Waals surface area contributed by atoms with Crippen LogP contribution in [0.3, 0.4) is 0 Å². The Morgan fingerprint density at radius 3 is 2.08 bits per heavy atom. The largest absolute Gasteiger partial charge is 0.489 e. The predicted molar refractivity (Wildman–Crippen MR) is 250 cm³/mol. The number of ether oxygens (including phenoxy) is 1. The molecule has 2 heteroatoms. The molecule has 0 bridgehead atoms. The quantitative estimate of drug-likeness (QED) is 0.167. The zero-order valence-corrected chi connectivity index (χ0v) is 35.2. The Hall–Kier alpha value is -6.38. The Bertz CT molecular complexity index is 2860. The molecule has 0 spiro atoms. The third kappa shape index (κ3) is 5.83. The Morgan fingerprint density at radius 2 is 1.27 bits per heavy atom. The van der Waals surface area contributed by atoms with E-state index in [4.69, 9.17) is 4.74 Å². The molecule has 0 aromatic heterocycles. The summed E-state index contributed by atoms with van der Waals surface area (Å²) in [6.07, 6.45) is 8.32. The van der Waals surface area contributed by atoms with Crippen molar-refractivity contribution in [1.82, 2.24) is 0 Å². The van der Waals surface area contributed by atoms with Crippen molar-refractivity contribution in [2.75, 3.05) is 4.90 Å². The first-order valence-corrected chi connectivity index (χ1v) is 21.9. The monoisotopic (exact) mass is 777 g/mol. The van der Waals surface area contributed by atoms with Gasteiger partial charge >= 0.3 is 0 Å². The first kappa shape index (κ1) is 36.7. The van der Waals surface area contributed by atoms with Crippen LogP contribution in [0.4, 0.5) is 11.4 Å². The predicted octanol–water partition coefficient (Wildman–Crippen LogP) is 14.7. The van der Waals surface area contributed by atoms with Gasteiger partial charge in [0.2, 0.25) is 0 Å². The average Bonchev–Trinajstić information content (AvgIpc) is 3.71. The highest BCUT2D eigenvalue weighted by Gasteiger charge is 2.37. The minimum atomic E-state index is -0.0240. The molecule has 0 saturated carbocycles. The van der Waals surface area contributed by atoms with Crippen LogP contribution in [-0.4, -0.2) is 12.1 Å². The van der Waals surface area contributed by atoms with Gasteiger partial charge in [0.15, 0.2) is 0 Å². The second kappa shape index (κ2) is 14.1. The zero-order valence-electron chi connectivity index (χ0n) is 35.2. The standard InChI is InChI=1S/C58H51NO/c1-36-32-42(48-20-13-19-46-37(2)38(3)60-57(46)48)26-31-56(36)59(44-15-7-6-8-16-44)45-27-22-39(23-28-45)40-24-29-49-52(34-41-14-9-10-17-47(41)53(49)33-40)43-25-30-51-50-18-11-12-21-54(50)58(4,5)55(51)35-43/h6-33,35-38,52,56H,34H2,1-5H3. The number of fused-ring (bicyclic) bond motifs is 7. The van der Waals surface area contributed by atoms with Gasteiger partial charge in [-0.05, 0) is 116 Å². The van der Waals surface area contributed by atoms with Crippen molar-refractivity contribution in [2.45, 2.75) is 70.4 Å². The lowest BCUT2D eigenvalue weighted by atomic mass is 9.73. The summed E-state index contributed by atoms with van der Waals surface area (Å²) < 4.78 is 6.42. The maximum atomic E-state index is 6.42. The van der Waals surface area contributed by atoms with E-state index in [2.05, 4.69) is 215 Å². The Labute approximate surface area is 355 Å². The van der Waals surface area contributed by atoms with Crippen LogP contribution in [0.2, 0.25) is 0 Å². The van der Waals surface area contributed by atoms with Gasteiger partial charge in [-0.3, -0.25) is 0 Å². The molecule has 11 rings (SSSR count). The van der Waals surface area contributed by atoms with Crippen LogP contribution in [0.5, 0.6) is 5.75 Å². The summed E-state index contributed by atoms with van der Waals surface area (Å²) in [5.74, 6) is 2.00. The number of rotatable bonds is 6. The first-order valence-electron chi connectivity index (χ1n) is 21.9. The molecule has 2 nitrogen and oxygen atoms in total. The molecule has 1 heterocycles. The maximum Gasteiger partial charge on any atom is 0.131 e. The van der Waals surface area contributed by atoms with E-state index in [1.54, 1.807) is 0 Å². The minimum absolute atomic E-state index is 0.0240. The zero-order chi connectivity index (χ0) is 40.7. The lowest BCUT2D eigenvalue weighted by molar-refractivity contribution is 0.232. The van der Waals surface area contributed by atoms with E-state index in [9.17, 15) is 0 Å². The fraction of sp³-hybridized carbons (Fsp3) is 0.207. The lowest BCUT2D eigenvalue weighted by Gasteiger charge is -2.37. The Kier molecular flexibility index (Phi) is 8.64. The second-order valence-electron chi connectivity index (χ2n) is 18.1. The molecule has 60 heavy (non-hydrogen) atoms. The van der Waals surface area contributed by atoms with E-state index in [0.717, 1.165) is 12.2 Å². The van der Waals surface area contributed by atoms with Crippen LogP contribution < -0.4 is 9.64 Å². The van der Waals surface area contributed by atoms with Crippen LogP contribution in [0.15, 0.2) is 176 Å². The molecule has 1 aliphatic heterocycles. The summed E-state index contributed by atoms with van der Waals surface area (Å²) >= 11 is 0. The number of allylic oxidation sites excluding steroid dienone is 2. The van der Waals surface area contributed by atoms with E-state index >= 15 is 0 Å². The molecular weight excluding hydrogens is 727 g/mol. The van der Waals surface area contributed by atoms with Crippen molar-refractivity contribution in [3.8, 4) is 39.1 Å². The normalized spacial score (nSPS) is 21.5. The average molecular weight is 778 g/mol. The highest BCUT2D eigenvalue weighted by atomic mass is 16.5. The number of para-hydroxylation sites is 2. The van der Waals surface area contributed by atoms with Gasteiger partial charge < -0.3 is 9.64 Å². The van der Waals surface area contributed by atoms with E-state index in [1.165, 1.54) is 89.3 Å². The molecule has 5 atom stereocenters. The number of benzene rings is 7. The highest BCUT2D eigenvalue weighted by Crippen LogP contribution is 2.51. The summed E-state index contributed by atoms with van der Waals surface area (Å²) in [6.45, 7) is 11.6. The van der Waals surface area contributed by atoms with Gasteiger partial charge in [-0.25, -0.2) is 0 Å². The van der Waals surface area contributed by atoms with Crippen molar-refractivity contribution < 1.29 is 4.74 Å². The van der Waals surface area contributed by atoms with Gasteiger partial charge in [-0.2, -0.15) is 0 Å². The molecule has 0 N–H and O–H groups in total. The number of hydrogen-bond donors (Lipinski definition) is 0. The van der Waals surface area contributed by atoms with Gasteiger partial charge in [0.05, 0.1) is 6.04 Å². The summed E-state index contributed by atoms with van der Waals surface area (Å²) in [5.41, 5.74) is 21.1. The fourth-order valence-electron chi connectivity index (χ4n) is 10.8. The lowest BCUT2D eigenvalue weighted by Crippen LogP contribution is -2.35. The van der Waals surface area contributed by atoms with Crippen LogP contribution >= 0.6 is 0 Å². The van der Waals surface area contributed by atoms with Gasteiger partial charge in [0.1, 0.15) is 11.9 Å². The summed E-state index contributed by atoms with van der Waals surface area (Å²) in [4.78, 5) is 2.50. The van der Waals surface area contributed by atoms with Crippen LogP contribution in [0, 0.1) is 5.92 Å². The van der Waals surface area contributed by atoms with E-state index in [1.807, 2.05) is 0 Å². The fourth-order valence-corrected chi connectivity index (χ4v) is 10.8. The number of hydrogen-bond acceptors (Lipinski definition) is 2. The van der Waals surface area contributed by atoms with Crippen molar-refractivity contribution in [3.63, 3.8) is 0 Å². The molecule has 0 amide bonds. The van der Waals surface area contributed by atoms with Gasteiger partial charge in [-0.1, -0.05) is 173 Å². The van der Waals surface area contributed by atoms with E-state index in [0.29, 0.717) is 5.92 Å². The molecule has 294 valence electrons. The molecule has 7 aromatic carbocycles. The third-order valence-electron chi connectivity index (χ3n) is 14.3. The van der Waals surface area contributed by atoms with Crippen molar-refractivity contribution >= 4 is 16.9 Å². The van der Waals surface area contributed by atoms with E-state index in [-0.39, 0.29) is 29.4 Å². The van der Waals surface area contributed by atoms with E-state index < -0.39 is 0 Å². The molecule has 4 aliphatic rings. The topological polar surface area (TPSA) is 12.5 Å². The summed E-state index contributed by atoms with van der Waals surface area (Å²) in [7, 11) is 0. The molecule has 5 unspecified atom stereocenters. The van der Waals surface area contributed by atoms with Crippen molar-refractivity contribution in [2.24, 2.45) is 5.92 Å². The maximum absolute atomic E-state index is 6.42. The Morgan fingerprint density at radius 1 is 0.567 bits per heavy atom. The van der Waals surface area contributed by atoms with Crippen LogP contribution in [0.25, 0.3) is 39.0 Å². The molecular formula is C58H51NO. The number of nitrogens with zero attached hydrogens (tertiary/aromatic N) is 1. The highest BCUT2D eigenvalue weighted by molar-refractivity contribution is 5.85. The molecule has 0 saturated heterocycles. The van der Waals surface area contributed by atoms with Crippen molar-refractivity contribution in [1.29, 1.82) is 0 Å². The summed E-state index contributed by atoms with van der Waals surface area (Å²) in [6, 6.07) is 59.3. The second-order valence-corrected chi connectivity index (χ2v) is 18.1. The smallest absolute Gasteiger partial charge is 0.131 e. The Balaban J connectivity index is 0.920. The van der Waals surface area contributed by atoms with Crippen molar-refractivity contribution in [3.05, 3.63) is 215 Å². The summed E-state index contributed by atoms with van der Waals surface area (Å²) in [5, 5.41) is 0. The van der Waals surface area contributed by atoms with Gasteiger partial charge in [0, 0.05) is 39.8 Å². The molecule has 0 radical (unpaired) electrons. The van der Waals surface area contributed by atoms with Gasteiger partial charge in [0.25, 0.3) is 0 Å². The molecule has 0 fully saturated rings. The van der Waals surface area contributed by atoms with Gasteiger partial charge in [-0.15, -0.1) is 0 Å². The van der Waals surface area contributed by atoms with Crippen LogP contribution in [0.1, 0.15) is 85.4 Å². The molecule has 3 aliphatic carbocycles. The minimum Gasteiger partial charge on any atom is -0.489 e. The number of anilines is 2. The SMILES string of the molecule is CC1C=C(c2cccc3c2OC(C)C3C)C=CC1N(c1ccccc1)c1ccc(-c2ccc3c(c2)-c2ccccc2CC3c2ccc3c(c2)C(C)(C)c2ccccc2-3)cc1.